The first kappa shape index (κ1) is 12.3. The van der Waals surface area contributed by atoms with Crippen LogP contribution in [0.3, 0.4) is 0 Å². The highest BCUT2D eigenvalue weighted by atomic mass is 19.4. The van der Waals surface area contributed by atoms with Crippen molar-refractivity contribution in [2.45, 2.75) is 12.6 Å². The minimum atomic E-state index is -4.67. The van der Waals surface area contributed by atoms with Crippen molar-refractivity contribution in [2.75, 3.05) is 7.11 Å². The summed E-state index contributed by atoms with van der Waals surface area (Å²) in [7, 11) is 1.06. The second kappa shape index (κ2) is 4.38. The highest BCUT2D eigenvalue weighted by molar-refractivity contribution is 5.72. The quantitative estimate of drug-likeness (QED) is 0.789. The van der Waals surface area contributed by atoms with E-state index in [1.165, 1.54) is 0 Å². The summed E-state index contributed by atoms with van der Waals surface area (Å²) in [6, 6.07) is 0.840. The van der Waals surface area contributed by atoms with Crippen LogP contribution in [0.15, 0.2) is 12.3 Å². The van der Waals surface area contributed by atoms with E-state index < -0.39 is 35.6 Å². The molecular formula is C9H8F3NO3. The van der Waals surface area contributed by atoms with Gasteiger partial charge in [0.15, 0.2) is 0 Å². The second-order valence-electron chi connectivity index (χ2n) is 2.95. The van der Waals surface area contributed by atoms with Crippen molar-refractivity contribution in [2.24, 2.45) is 0 Å². The number of hydrogen-bond donors (Lipinski definition) is 1. The number of rotatable bonds is 2. The van der Waals surface area contributed by atoms with Crippen LogP contribution in [0.4, 0.5) is 13.2 Å². The van der Waals surface area contributed by atoms with Crippen LogP contribution in [0.25, 0.3) is 0 Å². The van der Waals surface area contributed by atoms with E-state index in [1.807, 2.05) is 0 Å². The number of hydrogen-bond acceptors (Lipinski definition) is 4. The molecule has 1 aromatic heterocycles. The van der Waals surface area contributed by atoms with E-state index in [2.05, 4.69) is 9.72 Å². The molecule has 0 bridgehead atoms. The number of pyridine rings is 1. The lowest BCUT2D eigenvalue weighted by atomic mass is 10.1. The van der Waals surface area contributed by atoms with Crippen LogP contribution in [0.2, 0.25) is 0 Å². The topological polar surface area (TPSA) is 59.4 Å². The molecule has 0 aliphatic rings. The zero-order chi connectivity index (χ0) is 12.3. The monoisotopic (exact) mass is 235 g/mol. The molecule has 0 spiro atoms. The Kier molecular flexibility index (Phi) is 3.36. The van der Waals surface area contributed by atoms with Crippen LogP contribution in [-0.4, -0.2) is 23.2 Å². The summed E-state index contributed by atoms with van der Waals surface area (Å²) in [4.78, 5) is 13.9. The summed E-state index contributed by atoms with van der Waals surface area (Å²) in [6.45, 7) is 0. The standard InChI is InChI=1S/C9H8F3NO3/c1-16-7(15)3-5-2-6(14)4-13-8(5)9(10,11)12/h2,4,14H,3H2,1H3. The average Bonchev–Trinajstić information content (AvgIpc) is 2.15. The number of aromatic hydroxyl groups is 1. The van der Waals surface area contributed by atoms with Crippen molar-refractivity contribution in [3.05, 3.63) is 23.5 Å². The van der Waals surface area contributed by atoms with Gasteiger partial charge in [-0.1, -0.05) is 0 Å². The van der Waals surface area contributed by atoms with Gasteiger partial charge in [0.2, 0.25) is 0 Å². The Bertz CT molecular complexity index is 403. The van der Waals surface area contributed by atoms with Gasteiger partial charge < -0.3 is 9.84 Å². The normalized spacial score (nSPS) is 11.2. The molecule has 0 unspecified atom stereocenters. The third-order valence-corrected chi connectivity index (χ3v) is 1.78. The van der Waals surface area contributed by atoms with Crippen LogP contribution in [0, 0.1) is 0 Å². The van der Waals surface area contributed by atoms with Crippen molar-refractivity contribution < 1.29 is 27.8 Å². The fourth-order valence-electron chi connectivity index (χ4n) is 1.12. The summed E-state index contributed by atoms with van der Waals surface area (Å²) < 4.78 is 41.6. The average molecular weight is 235 g/mol. The minimum absolute atomic E-state index is 0.417. The molecule has 0 amide bonds. The predicted molar refractivity (Wildman–Crippen MR) is 46.6 cm³/mol. The lowest BCUT2D eigenvalue weighted by Gasteiger charge is -2.10. The minimum Gasteiger partial charge on any atom is -0.506 e. The molecule has 0 saturated carbocycles. The molecule has 1 rings (SSSR count). The third-order valence-electron chi connectivity index (χ3n) is 1.78. The zero-order valence-corrected chi connectivity index (χ0v) is 8.21. The summed E-state index contributed by atoms with van der Waals surface area (Å²) in [5, 5.41) is 9.01. The maximum atomic E-state index is 12.4. The fourth-order valence-corrected chi connectivity index (χ4v) is 1.12. The Morgan fingerprint density at radius 2 is 2.19 bits per heavy atom. The Hall–Kier alpha value is -1.79. The van der Waals surface area contributed by atoms with Crippen LogP contribution in [-0.2, 0) is 22.1 Å². The lowest BCUT2D eigenvalue weighted by molar-refractivity contribution is -0.143. The Balaban J connectivity index is 3.13. The van der Waals surface area contributed by atoms with E-state index in [1.54, 1.807) is 0 Å². The molecule has 4 nitrogen and oxygen atoms in total. The Morgan fingerprint density at radius 3 is 2.69 bits per heavy atom. The first-order chi connectivity index (χ1) is 7.34. The molecule has 0 radical (unpaired) electrons. The van der Waals surface area contributed by atoms with Gasteiger partial charge in [0.1, 0.15) is 11.4 Å². The van der Waals surface area contributed by atoms with Crippen molar-refractivity contribution in [3.8, 4) is 5.75 Å². The fraction of sp³-hybridized carbons (Fsp3) is 0.333. The number of alkyl halides is 3. The van der Waals surface area contributed by atoms with E-state index in [0.29, 0.717) is 6.20 Å². The number of nitrogens with zero attached hydrogens (tertiary/aromatic N) is 1. The van der Waals surface area contributed by atoms with E-state index in [-0.39, 0.29) is 0 Å². The van der Waals surface area contributed by atoms with Gasteiger partial charge in [-0.05, 0) is 11.6 Å². The summed E-state index contributed by atoms with van der Waals surface area (Å²) in [6.07, 6.45) is -4.59. The van der Waals surface area contributed by atoms with E-state index >= 15 is 0 Å². The molecule has 0 aliphatic heterocycles. The molecule has 1 heterocycles. The molecule has 1 aromatic rings. The van der Waals surface area contributed by atoms with Gasteiger partial charge in [0.05, 0.1) is 19.7 Å². The van der Waals surface area contributed by atoms with Crippen LogP contribution in [0.1, 0.15) is 11.3 Å². The van der Waals surface area contributed by atoms with Crippen molar-refractivity contribution in [3.63, 3.8) is 0 Å². The van der Waals surface area contributed by atoms with Crippen molar-refractivity contribution in [1.29, 1.82) is 0 Å². The number of esters is 1. The number of carbonyl (C=O) groups is 1. The Morgan fingerprint density at radius 1 is 1.56 bits per heavy atom. The maximum Gasteiger partial charge on any atom is 0.433 e. The molecule has 0 saturated heterocycles. The molecule has 16 heavy (non-hydrogen) atoms. The first-order valence-corrected chi connectivity index (χ1v) is 4.16. The number of methoxy groups -OCH3 is 1. The zero-order valence-electron chi connectivity index (χ0n) is 8.21. The van der Waals surface area contributed by atoms with Gasteiger partial charge in [0, 0.05) is 0 Å². The number of carbonyl (C=O) groups excluding carboxylic acids is 1. The molecule has 7 heteroatoms. The van der Waals surface area contributed by atoms with Gasteiger partial charge in [-0.2, -0.15) is 13.2 Å². The number of aromatic nitrogens is 1. The highest BCUT2D eigenvalue weighted by Gasteiger charge is 2.35. The predicted octanol–water partition coefficient (Wildman–Crippen LogP) is 1.52. The van der Waals surface area contributed by atoms with Gasteiger partial charge in [-0.25, -0.2) is 4.98 Å². The van der Waals surface area contributed by atoms with Gasteiger partial charge in [-0.15, -0.1) is 0 Å². The number of halogens is 3. The number of ether oxygens (including phenoxy) is 1. The smallest absolute Gasteiger partial charge is 0.433 e. The summed E-state index contributed by atoms with van der Waals surface area (Å²) in [5.74, 6) is -1.27. The molecule has 88 valence electrons. The molecular weight excluding hydrogens is 227 g/mol. The van der Waals surface area contributed by atoms with Crippen LogP contribution in [0.5, 0.6) is 5.75 Å². The second-order valence-corrected chi connectivity index (χ2v) is 2.95. The molecule has 1 N–H and O–H groups in total. The summed E-state index contributed by atoms with van der Waals surface area (Å²) in [5.41, 5.74) is -1.62. The van der Waals surface area contributed by atoms with E-state index in [4.69, 9.17) is 5.11 Å². The van der Waals surface area contributed by atoms with Gasteiger partial charge in [-0.3, -0.25) is 4.79 Å². The molecule has 0 aliphatic carbocycles. The first-order valence-electron chi connectivity index (χ1n) is 4.16. The maximum absolute atomic E-state index is 12.4. The Labute approximate surface area is 88.7 Å². The molecule has 0 atom stereocenters. The molecule has 0 fully saturated rings. The van der Waals surface area contributed by atoms with Gasteiger partial charge >= 0.3 is 12.1 Å². The lowest BCUT2D eigenvalue weighted by Crippen LogP contribution is -2.15. The van der Waals surface area contributed by atoms with Crippen molar-refractivity contribution in [1.82, 2.24) is 4.98 Å². The van der Waals surface area contributed by atoms with Crippen molar-refractivity contribution >= 4 is 5.97 Å². The van der Waals surface area contributed by atoms with E-state index in [0.717, 1.165) is 13.2 Å². The highest BCUT2D eigenvalue weighted by Crippen LogP contribution is 2.31. The SMILES string of the molecule is COC(=O)Cc1cc(O)cnc1C(F)(F)F. The van der Waals surface area contributed by atoms with E-state index in [9.17, 15) is 18.0 Å². The molecule has 0 aromatic carbocycles. The van der Waals surface area contributed by atoms with Crippen LogP contribution >= 0.6 is 0 Å². The van der Waals surface area contributed by atoms with Crippen LogP contribution < -0.4 is 0 Å². The summed E-state index contributed by atoms with van der Waals surface area (Å²) >= 11 is 0. The van der Waals surface area contributed by atoms with Gasteiger partial charge in [0.25, 0.3) is 0 Å². The largest absolute Gasteiger partial charge is 0.506 e. The third kappa shape index (κ3) is 2.85.